The van der Waals surface area contributed by atoms with Crippen LogP contribution in [0.4, 0.5) is 4.79 Å². The number of hydrogen-bond acceptors (Lipinski definition) is 2. The summed E-state index contributed by atoms with van der Waals surface area (Å²) < 4.78 is 0. The van der Waals surface area contributed by atoms with Gasteiger partial charge in [-0.15, -0.1) is 0 Å². The number of carboxylic acids is 1. The van der Waals surface area contributed by atoms with Crippen molar-refractivity contribution in [2.24, 2.45) is 5.41 Å². The van der Waals surface area contributed by atoms with Crippen molar-refractivity contribution in [1.82, 2.24) is 10.6 Å². The molecule has 2 saturated carbocycles. The predicted octanol–water partition coefficient (Wildman–Crippen LogP) is 3.04. The molecule has 5 heteroatoms. The zero-order valence-electron chi connectivity index (χ0n) is 13.0. The van der Waals surface area contributed by atoms with Crippen LogP contribution in [-0.2, 0) is 4.79 Å². The minimum atomic E-state index is -0.837. The molecule has 2 rings (SSSR count). The number of aliphatic carboxylic acids is 1. The maximum Gasteiger partial charge on any atom is 0.315 e. The third-order valence-electron chi connectivity index (χ3n) is 5.17. The fraction of sp³-hybridized carbons (Fsp3) is 0.875. The standard InChI is InChI=1S/C16H28N2O3/c1-15(7-3-2-4-8-15)12-17-14(21)18-16(11-13(19)20)9-5-6-10-16/h2-12H2,1H3,(H,19,20)(H2,17,18,21). The summed E-state index contributed by atoms with van der Waals surface area (Å²) in [5.74, 6) is -0.837. The molecule has 2 amide bonds. The molecule has 2 fully saturated rings. The summed E-state index contributed by atoms with van der Waals surface area (Å²) in [5, 5.41) is 15.0. The summed E-state index contributed by atoms with van der Waals surface area (Å²) in [6.45, 7) is 2.91. The number of carboxylic acid groups (broad SMARTS) is 1. The van der Waals surface area contributed by atoms with E-state index in [1.165, 1.54) is 19.3 Å². The van der Waals surface area contributed by atoms with Gasteiger partial charge in [-0.1, -0.05) is 39.0 Å². The van der Waals surface area contributed by atoms with Crippen LogP contribution in [0, 0.1) is 5.41 Å². The molecule has 0 aromatic carbocycles. The number of urea groups is 1. The quantitative estimate of drug-likeness (QED) is 0.729. The van der Waals surface area contributed by atoms with Gasteiger partial charge in [0.15, 0.2) is 0 Å². The van der Waals surface area contributed by atoms with Crippen LogP contribution in [0.2, 0.25) is 0 Å². The van der Waals surface area contributed by atoms with Crippen LogP contribution in [-0.4, -0.2) is 29.2 Å². The monoisotopic (exact) mass is 296 g/mol. The molecule has 0 aliphatic heterocycles. The minimum Gasteiger partial charge on any atom is -0.481 e. The second-order valence-electron chi connectivity index (χ2n) is 7.24. The van der Waals surface area contributed by atoms with Crippen LogP contribution >= 0.6 is 0 Å². The topological polar surface area (TPSA) is 78.4 Å². The van der Waals surface area contributed by atoms with E-state index in [1.54, 1.807) is 0 Å². The minimum absolute atomic E-state index is 0.0255. The smallest absolute Gasteiger partial charge is 0.315 e. The van der Waals surface area contributed by atoms with Crippen LogP contribution in [0.5, 0.6) is 0 Å². The number of nitrogens with one attached hydrogen (secondary N) is 2. The first-order valence-corrected chi connectivity index (χ1v) is 8.21. The Kier molecular flexibility index (Phi) is 5.12. The van der Waals surface area contributed by atoms with Crippen molar-refractivity contribution >= 4 is 12.0 Å². The second kappa shape index (κ2) is 6.67. The first-order chi connectivity index (χ1) is 9.93. The predicted molar refractivity (Wildman–Crippen MR) is 81.2 cm³/mol. The van der Waals surface area contributed by atoms with Crippen molar-refractivity contribution in [2.75, 3.05) is 6.54 Å². The highest BCUT2D eigenvalue weighted by molar-refractivity contribution is 5.76. The van der Waals surface area contributed by atoms with E-state index in [9.17, 15) is 9.59 Å². The Balaban J connectivity index is 1.83. The Morgan fingerprint density at radius 2 is 1.57 bits per heavy atom. The van der Waals surface area contributed by atoms with Gasteiger partial charge in [-0.05, 0) is 31.1 Å². The zero-order chi connectivity index (χ0) is 15.3. The number of rotatable bonds is 5. The molecule has 5 nitrogen and oxygen atoms in total. The number of hydrogen-bond donors (Lipinski definition) is 3. The highest BCUT2D eigenvalue weighted by atomic mass is 16.4. The van der Waals surface area contributed by atoms with Crippen LogP contribution in [0.1, 0.15) is 71.1 Å². The normalized spacial score (nSPS) is 23.5. The van der Waals surface area contributed by atoms with Gasteiger partial charge < -0.3 is 15.7 Å². The van der Waals surface area contributed by atoms with Crippen molar-refractivity contribution in [3.05, 3.63) is 0 Å². The van der Waals surface area contributed by atoms with Gasteiger partial charge in [0.2, 0.25) is 0 Å². The van der Waals surface area contributed by atoms with Gasteiger partial charge in [-0.25, -0.2) is 4.79 Å². The summed E-state index contributed by atoms with van der Waals surface area (Å²) in [7, 11) is 0. The molecule has 120 valence electrons. The lowest BCUT2D eigenvalue weighted by atomic mass is 9.76. The Hall–Kier alpha value is -1.26. The molecule has 0 aromatic rings. The molecule has 0 unspecified atom stereocenters. The van der Waals surface area contributed by atoms with E-state index in [2.05, 4.69) is 17.6 Å². The molecule has 2 aliphatic carbocycles. The van der Waals surface area contributed by atoms with Crippen molar-refractivity contribution < 1.29 is 14.7 Å². The first kappa shape index (κ1) is 16.1. The average molecular weight is 296 g/mol. The van der Waals surface area contributed by atoms with Crippen LogP contribution in [0.3, 0.4) is 0 Å². The van der Waals surface area contributed by atoms with Gasteiger partial charge >= 0.3 is 12.0 Å². The van der Waals surface area contributed by atoms with Crippen LogP contribution in [0.15, 0.2) is 0 Å². The molecule has 0 atom stereocenters. The summed E-state index contributed by atoms with van der Waals surface area (Å²) in [5.41, 5.74) is -0.339. The average Bonchev–Trinajstić information content (AvgIpc) is 2.85. The van der Waals surface area contributed by atoms with Crippen LogP contribution in [0.25, 0.3) is 0 Å². The second-order valence-corrected chi connectivity index (χ2v) is 7.24. The maximum absolute atomic E-state index is 12.2. The fourth-order valence-electron chi connectivity index (χ4n) is 3.85. The van der Waals surface area contributed by atoms with Gasteiger partial charge in [0.05, 0.1) is 12.0 Å². The molecule has 0 saturated heterocycles. The highest BCUT2D eigenvalue weighted by Gasteiger charge is 2.37. The summed E-state index contributed by atoms with van der Waals surface area (Å²) in [4.78, 5) is 23.2. The Labute approximate surface area is 126 Å². The number of carbonyl (C=O) groups is 2. The van der Waals surface area contributed by atoms with Gasteiger partial charge in [-0.3, -0.25) is 4.79 Å². The molecule has 0 heterocycles. The summed E-state index contributed by atoms with van der Waals surface area (Å²) in [6, 6.07) is -0.204. The molecular weight excluding hydrogens is 268 g/mol. The molecule has 2 aliphatic rings. The van der Waals surface area contributed by atoms with Gasteiger partial charge in [0, 0.05) is 6.54 Å². The highest BCUT2D eigenvalue weighted by Crippen LogP contribution is 2.35. The van der Waals surface area contributed by atoms with E-state index >= 15 is 0 Å². The van der Waals surface area contributed by atoms with Crippen molar-refractivity contribution in [2.45, 2.75) is 76.7 Å². The number of carbonyl (C=O) groups excluding carboxylic acids is 1. The van der Waals surface area contributed by atoms with E-state index in [4.69, 9.17) is 5.11 Å². The van der Waals surface area contributed by atoms with Crippen molar-refractivity contribution in [1.29, 1.82) is 0 Å². The molecule has 0 spiro atoms. The zero-order valence-corrected chi connectivity index (χ0v) is 13.0. The maximum atomic E-state index is 12.2. The third kappa shape index (κ3) is 4.61. The largest absolute Gasteiger partial charge is 0.481 e. The molecule has 21 heavy (non-hydrogen) atoms. The van der Waals surface area contributed by atoms with Gasteiger partial charge in [-0.2, -0.15) is 0 Å². The Bertz CT molecular complexity index is 383. The van der Waals surface area contributed by atoms with Gasteiger partial charge in [0.1, 0.15) is 0 Å². The van der Waals surface area contributed by atoms with Gasteiger partial charge in [0.25, 0.3) is 0 Å². The van der Waals surface area contributed by atoms with E-state index in [0.717, 1.165) is 38.5 Å². The lowest BCUT2D eigenvalue weighted by Gasteiger charge is -2.35. The first-order valence-electron chi connectivity index (χ1n) is 8.21. The Morgan fingerprint density at radius 1 is 1.00 bits per heavy atom. The molecule has 0 bridgehead atoms. The van der Waals surface area contributed by atoms with E-state index < -0.39 is 11.5 Å². The third-order valence-corrected chi connectivity index (χ3v) is 5.17. The van der Waals surface area contributed by atoms with Crippen LogP contribution < -0.4 is 10.6 Å². The molecule has 0 aromatic heterocycles. The lowest BCUT2D eigenvalue weighted by molar-refractivity contribution is -0.138. The van der Waals surface area contributed by atoms with E-state index in [1.807, 2.05) is 0 Å². The van der Waals surface area contributed by atoms with E-state index in [-0.39, 0.29) is 17.9 Å². The molecule has 3 N–H and O–H groups in total. The van der Waals surface area contributed by atoms with E-state index in [0.29, 0.717) is 6.54 Å². The number of amides is 2. The lowest BCUT2D eigenvalue weighted by Crippen LogP contribution is -2.53. The Morgan fingerprint density at radius 3 is 2.14 bits per heavy atom. The molecular formula is C16H28N2O3. The van der Waals surface area contributed by atoms with Crippen molar-refractivity contribution in [3.8, 4) is 0 Å². The summed E-state index contributed by atoms with van der Waals surface area (Å²) >= 11 is 0. The SMILES string of the molecule is CC1(CNC(=O)NC2(CC(=O)O)CCCC2)CCCCC1. The summed E-state index contributed by atoms with van der Waals surface area (Å²) in [6.07, 6.45) is 9.64. The molecule has 0 radical (unpaired) electrons. The van der Waals surface area contributed by atoms with Crippen molar-refractivity contribution in [3.63, 3.8) is 0 Å². The fourth-order valence-corrected chi connectivity index (χ4v) is 3.85.